The molecule has 0 saturated carbocycles. The number of rotatable bonds is 5. The first-order valence-electron chi connectivity index (χ1n) is 8.41. The Morgan fingerprint density at radius 2 is 1.92 bits per heavy atom. The molecule has 0 aliphatic heterocycles. The molecule has 2 heterocycles. The van der Waals surface area contributed by atoms with Crippen molar-refractivity contribution in [1.29, 1.82) is 0 Å². The molecule has 6 nitrogen and oxygen atoms in total. The molecule has 0 bridgehead atoms. The maximum Gasteiger partial charge on any atom is 0.337 e. The highest BCUT2D eigenvalue weighted by atomic mass is 35.5. The van der Waals surface area contributed by atoms with Crippen molar-refractivity contribution in [2.75, 3.05) is 0 Å². The van der Waals surface area contributed by atoms with Gasteiger partial charge in [-0.3, -0.25) is 9.36 Å². The molecule has 0 saturated heterocycles. The van der Waals surface area contributed by atoms with Gasteiger partial charge in [0, 0.05) is 13.1 Å². The molecule has 0 unspecified atom stereocenters. The number of fused-ring (bicyclic) bond motifs is 1. The SMILES string of the molecule is CCCn1cnc2c1c(=O)n(CC(C)C)c(=O)n2-c1ccccc1Cl. The smallest absolute Gasteiger partial charge is 0.325 e. The maximum atomic E-state index is 13.1. The molecule has 3 aromatic rings. The van der Waals surface area contributed by atoms with Crippen LogP contribution in [0, 0.1) is 5.92 Å². The van der Waals surface area contributed by atoms with Crippen molar-refractivity contribution in [2.45, 2.75) is 40.3 Å². The summed E-state index contributed by atoms with van der Waals surface area (Å²) >= 11 is 6.32. The van der Waals surface area contributed by atoms with Crippen molar-refractivity contribution in [1.82, 2.24) is 18.7 Å². The molecule has 3 rings (SSSR count). The highest BCUT2D eigenvalue weighted by Gasteiger charge is 2.20. The minimum Gasteiger partial charge on any atom is -0.325 e. The van der Waals surface area contributed by atoms with Crippen molar-refractivity contribution < 1.29 is 0 Å². The summed E-state index contributed by atoms with van der Waals surface area (Å²) in [6, 6.07) is 7.08. The van der Waals surface area contributed by atoms with Gasteiger partial charge in [-0.2, -0.15) is 0 Å². The average molecular weight is 361 g/mol. The Labute approximate surface area is 150 Å². The Kier molecular flexibility index (Phi) is 4.81. The van der Waals surface area contributed by atoms with Gasteiger partial charge >= 0.3 is 5.69 Å². The van der Waals surface area contributed by atoms with Crippen LogP contribution in [-0.4, -0.2) is 18.7 Å². The molecule has 0 aliphatic carbocycles. The summed E-state index contributed by atoms with van der Waals surface area (Å²) in [5.74, 6) is 0.157. The molecule has 0 amide bonds. The molecule has 1 aromatic carbocycles. The Bertz CT molecular complexity index is 1030. The fourth-order valence-electron chi connectivity index (χ4n) is 2.97. The lowest BCUT2D eigenvalue weighted by molar-refractivity contribution is 0.488. The molecule has 0 N–H and O–H groups in total. The minimum absolute atomic E-state index is 0.157. The number of halogens is 1. The van der Waals surface area contributed by atoms with Crippen molar-refractivity contribution in [2.24, 2.45) is 5.92 Å². The number of imidazole rings is 1. The molecular weight excluding hydrogens is 340 g/mol. The number of aryl methyl sites for hydroxylation is 1. The highest BCUT2D eigenvalue weighted by Crippen LogP contribution is 2.21. The summed E-state index contributed by atoms with van der Waals surface area (Å²) in [6.45, 7) is 6.98. The van der Waals surface area contributed by atoms with Gasteiger partial charge in [0.2, 0.25) is 0 Å². The molecule has 132 valence electrons. The van der Waals surface area contributed by atoms with Gasteiger partial charge in [0.05, 0.1) is 17.0 Å². The van der Waals surface area contributed by atoms with Gasteiger partial charge in [-0.05, 0) is 24.5 Å². The Hall–Kier alpha value is -2.34. The monoisotopic (exact) mass is 360 g/mol. The van der Waals surface area contributed by atoms with Crippen molar-refractivity contribution >= 4 is 22.8 Å². The number of aromatic nitrogens is 4. The highest BCUT2D eigenvalue weighted by molar-refractivity contribution is 6.32. The van der Waals surface area contributed by atoms with Crippen LogP contribution in [0.1, 0.15) is 27.2 Å². The number of benzene rings is 1. The van der Waals surface area contributed by atoms with E-state index in [2.05, 4.69) is 4.98 Å². The van der Waals surface area contributed by atoms with Crippen molar-refractivity contribution in [3.63, 3.8) is 0 Å². The minimum atomic E-state index is -0.416. The van der Waals surface area contributed by atoms with Crippen molar-refractivity contribution in [3.05, 3.63) is 56.5 Å². The molecule has 0 atom stereocenters. The summed E-state index contributed by atoms with van der Waals surface area (Å²) in [7, 11) is 0. The zero-order valence-electron chi connectivity index (χ0n) is 14.6. The standard InChI is InChI=1S/C18H21ClN4O2/c1-4-9-21-11-20-16-15(21)17(24)22(10-12(2)3)18(25)23(16)14-8-6-5-7-13(14)19/h5-8,11-12H,4,9-10H2,1-3H3. The van der Waals surface area contributed by atoms with Crippen LogP contribution in [-0.2, 0) is 13.1 Å². The van der Waals surface area contributed by atoms with E-state index in [1.54, 1.807) is 35.2 Å². The summed E-state index contributed by atoms with van der Waals surface area (Å²) in [5, 5.41) is 0.436. The van der Waals surface area contributed by atoms with Gasteiger partial charge < -0.3 is 4.57 Å². The van der Waals surface area contributed by atoms with Crippen LogP contribution in [0.2, 0.25) is 5.02 Å². The van der Waals surface area contributed by atoms with Crippen LogP contribution in [0.25, 0.3) is 16.9 Å². The molecule has 7 heteroatoms. The summed E-state index contributed by atoms with van der Waals surface area (Å²) in [4.78, 5) is 30.4. The normalized spacial score (nSPS) is 11.6. The topological polar surface area (TPSA) is 61.8 Å². The summed E-state index contributed by atoms with van der Waals surface area (Å²) in [5.41, 5.74) is 0.584. The molecular formula is C18H21ClN4O2. The van der Waals surface area contributed by atoms with E-state index in [-0.39, 0.29) is 11.5 Å². The Morgan fingerprint density at radius 3 is 2.56 bits per heavy atom. The van der Waals surface area contributed by atoms with E-state index in [1.165, 1.54) is 9.13 Å². The fraction of sp³-hybridized carbons (Fsp3) is 0.389. The van der Waals surface area contributed by atoms with Gasteiger partial charge in [0.1, 0.15) is 0 Å². The predicted octanol–water partition coefficient (Wildman–Crippen LogP) is 3.07. The molecule has 25 heavy (non-hydrogen) atoms. The van der Waals surface area contributed by atoms with Gasteiger partial charge in [-0.1, -0.05) is 44.5 Å². The second-order valence-electron chi connectivity index (χ2n) is 6.49. The van der Waals surface area contributed by atoms with Gasteiger partial charge in [0.15, 0.2) is 11.2 Å². The molecule has 0 aliphatic rings. The van der Waals surface area contributed by atoms with Crippen molar-refractivity contribution in [3.8, 4) is 5.69 Å². The quantitative estimate of drug-likeness (QED) is 0.702. The number of hydrogen-bond acceptors (Lipinski definition) is 3. The Balaban J connectivity index is 2.45. The van der Waals surface area contributed by atoms with Crippen LogP contribution >= 0.6 is 11.6 Å². The summed E-state index contributed by atoms with van der Waals surface area (Å²) < 4.78 is 4.53. The van der Waals surface area contributed by atoms with E-state index in [9.17, 15) is 9.59 Å². The van der Waals surface area contributed by atoms with E-state index in [1.807, 2.05) is 20.8 Å². The zero-order chi connectivity index (χ0) is 18.1. The van der Waals surface area contributed by atoms with Crippen LogP contribution in [0.4, 0.5) is 0 Å². The Morgan fingerprint density at radius 1 is 1.20 bits per heavy atom. The molecule has 0 fully saturated rings. The van der Waals surface area contributed by atoms with Gasteiger partial charge in [-0.15, -0.1) is 0 Å². The molecule has 2 aromatic heterocycles. The second kappa shape index (κ2) is 6.88. The lowest BCUT2D eigenvalue weighted by Crippen LogP contribution is -2.41. The van der Waals surface area contributed by atoms with E-state index >= 15 is 0 Å². The third-order valence-corrected chi connectivity index (χ3v) is 4.33. The van der Waals surface area contributed by atoms with E-state index in [0.717, 1.165) is 6.42 Å². The number of nitrogens with zero attached hydrogens (tertiary/aromatic N) is 4. The maximum absolute atomic E-state index is 13.1. The first-order chi connectivity index (χ1) is 12.0. The lowest BCUT2D eigenvalue weighted by Gasteiger charge is -2.14. The van der Waals surface area contributed by atoms with E-state index in [0.29, 0.717) is 35.0 Å². The molecule has 0 spiro atoms. The zero-order valence-corrected chi connectivity index (χ0v) is 15.3. The van der Waals surface area contributed by atoms with E-state index < -0.39 is 5.69 Å². The number of hydrogen-bond donors (Lipinski definition) is 0. The first kappa shape index (κ1) is 17.5. The van der Waals surface area contributed by atoms with Crippen LogP contribution in [0.3, 0.4) is 0 Å². The molecule has 0 radical (unpaired) electrons. The largest absolute Gasteiger partial charge is 0.337 e. The first-order valence-corrected chi connectivity index (χ1v) is 8.79. The lowest BCUT2D eigenvalue weighted by atomic mass is 10.2. The number of para-hydroxylation sites is 1. The third kappa shape index (κ3) is 3.02. The van der Waals surface area contributed by atoms with Crippen LogP contribution in [0.15, 0.2) is 40.2 Å². The van der Waals surface area contributed by atoms with E-state index in [4.69, 9.17) is 11.6 Å². The van der Waals surface area contributed by atoms with Gasteiger partial charge in [0.25, 0.3) is 5.56 Å². The van der Waals surface area contributed by atoms with Crippen LogP contribution in [0.5, 0.6) is 0 Å². The third-order valence-electron chi connectivity index (χ3n) is 4.01. The summed E-state index contributed by atoms with van der Waals surface area (Å²) in [6.07, 6.45) is 2.47. The second-order valence-corrected chi connectivity index (χ2v) is 6.90. The predicted molar refractivity (Wildman–Crippen MR) is 99.7 cm³/mol. The van der Waals surface area contributed by atoms with Gasteiger partial charge in [-0.25, -0.2) is 14.3 Å². The van der Waals surface area contributed by atoms with Crippen LogP contribution < -0.4 is 11.2 Å². The average Bonchev–Trinajstić information content (AvgIpc) is 2.97. The fourth-order valence-corrected chi connectivity index (χ4v) is 3.19.